The van der Waals surface area contributed by atoms with Crippen LogP contribution in [0.15, 0.2) is 27.8 Å². The minimum absolute atomic E-state index is 0.0426. The molecule has 0 radical (unpaired) electrons. The van der Waals surface area contributed by atoms with Crippen LogP contribution in [0, 0.1) is 10.1 Å². The zero-order chi connectivity index (χ0) is 15.4. The number of nitrogens with one attached hydrogen (secondary N) is 1. The van der Waals surface area contributed by atoms with E-state index in [4.69, 9.17) is 16.0 Å². The standard InChI is InChI=1S/C11H10ClN5O4/c1-7(18)14-13-4-8-2-3-9(21-8)5-16-6-10(12)11(15-16)17(19)20/h2-4,6H,5H2,1H3,(H,14,18)/b13-4-. The van der Waals surface area contributed by atoms with Crippen LogP contribution in [0.2, 0.25) is 5.02 Å². The summed E-state index contributed by atoms with van der Waals surface area (Å²) in [4.78, 5) is 20.6. The Hall–Kier alpha value is -2.68. The third-order valence-corrected chi connectivity index (χ3v) is 2.55. The molecule has 0 saturated carbocycles. The van der Waals surface area contributed by atoms with Gasteiger partial charge in [-0.05, 0) is 17.1 Å². The van der Waals surface area contributed by atoms with Crippen molar-refractivity contribution in [2.45, 2.75) is 13.5 Å². The van der Waals surface area contributed by atoms with E-state index >= 15 is 0 Å². The number of furan rings is 1. The first-order chi connectivity index (χ1) is 9.95. The highest BCUT2D eigenvalue weighted by Gasteiger charge is 2.19. The predicted octanol–water partition coefficient (Wildman–Crippen LogP) is 1.56. The number of halogens is 1. The molecule has 0 unspecified atom stereocenters. The van der Waals surface area contributed by atoms with Crippen molar-refractivity contribution in [3.05, 3.63) is 45.0 Å². The summed E-state index contributed by atoms with van der Waals surface area (Å²) in [5, 5.41) is 18.0. The van der Waals surface area contributed by atoms with Gasteiger partial charge in [-0.15, -0.1) is 0 Å². The predicted molar refractivity (Wildman–Crippen MR) is 73.1 cm³/mol. The van der Waals surface area contributed by atoms with Crippen molar-refractivity contribution in [2.24, 2.45) is 5.10 Å². The summed E-state index contributed by atoms with van der Waals surface area (Å²) in [6.45, 7) is 1.51. The number of hydrogen-bond acceptors (Lipinski definition) is 6. The first kappa shape index (κ1) is 14.7. The SMILES string of the molecule is CC(=O)N/N=C\c1ccc(Cn2cc(Cl)c([N+](=O)[O-])n2)o1. The Morgan fingerprint density at radius 2 is 2.43 bits per heavy atom. The Kier molecular flexibility index (Phi) is 4.33. The molecule has 0 spiro atoms. The van der Waals surface area contributed by atoms with Crippen LogP contribution in [0.3, 0.4) is 0 Å². The zero-order valence-corrected chi connectivity index (χ0v) is 11.6. The lowest BCUT2D eigenvalue weighted by Gasteiger charge is -1.92. The molecule has 21 heavy (non-hydrogen) atoms. The maximum absolute atomic E-state index is 10.6. The summed E-state index contributed by atoms with van der Waals surface area (Å²) in [6, 6.07) is 3.30. The van der Waals surface area contributed by atoms with Crippen LogP contribution in [-0.2, 0) is 11.3 Å². The molecule has 0 aliphatic heterocycles. The number of amides is 1. The van der Waals surface area contributed by atoms with Gasteiger partial charge < -0.3 is 14.5 Å². The Morgan fingerprint density at radius 3 is 3.05 bits per heavy atom. The minimum Gasteiger partial charge on any atom is -0.458 e. The van der Waals surface area contributed by atoms with Gasteiger partial charge in [-0.25, -0.2) is 5.43 Å². The van der Waals surface area contributed by atoms with Crippen LogP contribution >= 0.6 is 11.6 Å². The van der Waals surface area contributed by atoms with Crippen molar-refractivity contribution in [1.29, 1.82) is 0 Å². The van der Waals surface area contributed by atoms with Crippen LogP contribution in [0.1, 0.15) is 18.4 Å². The average Bonchev–Trinajstić information content (AvgIpc) is 2.96. The molecule has 110 valence electrons. The fraction of sp³-hybridized carbons (Fsp3) is 0.182. The molecule has 9 nitrogen and oxygen atoms in total. The van der Waals surface area contributed by atoms with Gasteiger partial charge in [-0.2, -0.15) is 9.78 Å². The lowest BCUT2D eigenvalue weighted by atomic mass is 10.4. The van der Waals surface area contributed by atoms with Gasteiger partial charge in [0.25, 0.3) is 0 Å². The Bertz CT molecular complexity index is 705. The van der Waals surface area contributed by atoms with Crippen molar-refractivity contribution in [3.63, 3.8) is 0 Å². The van der Waals surface area contributed by atoms with Crippen LogP contribution in [0.4, 0.5) is 5.82 Å². The number of nitro groups is 1. The molecule has 0 aliphatic carbocycles. The number of hydrazone groups is 1. The number of hydrogen-bond donors (Lipinski definition) is 1. The Labute approximate surface area is 123 Å². The van der Waals surface area contributed by atoms with Crippen LogP contribution in [-0.4, -0.2) is 26.8 Å². The van der Waals surface area contributed by atoms with Gasteiger partial charge in [0.1, 0.15) is 18.1 Å². The molecule has 1 N–H and O–H groups in total. The molecule has 10 heteroatoms. The Balaban J connectivity index is 2.05. The monoisotopic (exact) mass is 311 g/mol. The smallest absolute Gasteiger partial charge is 0.408 e. The lowest BCUT2D eigenvalue weighted by molar-refractivity contribution is -0.389. The summed E-state index contributed by atoms with van der Waals surface area (Å²) in [5.41, 5.74) is 2.24. The summed E-state index contributed by atoms with van der Waals surface area (Å²) >= 11 is 5.69. The number of carbonyl (C=O) groups is 1. The van der Waals surface area contributed by atoms with E-state index in [2.05, 4.69) is 15.6 Å². The van der Waals surface area contributed by atoms with Gasteiger partial charge in [0.2, 0.25) is 5.91 Å². The average molecular weight is 312 g/mol. The normalized spacial score (nSPS) is 11.0. The first-order valence-corrected chi connectivity index (χ1v) is 6.09. The Morgan fingerprint density at radius 1 is 1.67 bits per heavy atom. The van der Waals surface area contributed by atoms with E-state index in [1.807, 2.05) is 0 Å². The van der Waals surface area contributed by atoms with Crippen molar-refractivity contribution >= 4 is 29.5 Å². The highest BCUT2D eigenvalue weighted by atomic mass is 35.5. The fourth-order valence-corrected chi connectivity index (χ4v) is 1.71. The molecular weight excluding hydrogens is 302 g/mol. The zero-order valence-electron chi connectivity index (χ0n) is 10.8. The lowest BCUT2D eigenvalue weighted by Crippen LogP contribution is -2.12. The third kappa shape index (κ3) is 3.89. The molecule has 0 bridgehead atoms. The molecule has 1 amide bonds. The van der Waals surface area contributed by atoms with E-state index in [9.17, 15) is 14.9 Å². The first-order valence-electron chi connectivity index (χ1n) is 5.71. The largest absolute Gasteiger partial charge is 0.458 e. The van der Waals surface area contributed by atoms with E-state index in [1.54, 1.807) is 12.1 Å². The summed E-state index contributed by atoms with van der Waals surface area (Å²) in [5.74, 6) is 0.229. The number of aromatic nitrogens is 2. The molecule has 2 aromatic rings. The fourth-order valence-electron chi connectivity index (χ4n) is 1.49. The number of rotatable bonds is 5. The summed E-state index contributed by atoms with van der Waals surface area (Å²) in [7, 11) is 0. The van der Waals surface area contributed by atoms with Crippen molar-refractivity contribution in [3.8, 4) is 0 Å². The highest BCUT2D eigenvalue weighted by molar-refractivity contribution is 6.32. The molecule has 2 rings (SSSR count). The molecule has 2 heterocycles. The highest BCUT2D eigenvalue weighted by Crippen LogP contribution is 2.22. The van der Waals surface area contributed by atoms with Gasteiger partial charge in [-0.1, -0.05) is 11.6 Å². The van der Waals surface area contributed by atoms with Gasteiger partial charge in [0, 0.05) is 6.92 Å². The van der Waals surface area contributed by atoms with E-state index < -0.39 is 10.7 Å². The van der Waals surface area contributed by atoms with Gasteiger partial charge >= 0.3 is 5.82 Å². The molecule has 2 aromatic heterocycles. The molecular formula is C11H10ClN5O4. The van der Waals surface area contributed by atoms with Gasteiger partial charge in [0.15, 0.2) is 5.02 Å². The van der Waals surface area contributed by atoms with E-state index in [1.165, 1.54) is 24.0 Å². The second-order valence-electron chi connectivity index (χ2n) is 3.99. The topological polar surface area (TPSA) is 116 Å². The van der Waals surface area contributed by atoms with Gasteiger partial charge in [0.05, 0.1) is 17.5 Å². The van der Waals surface area contributed by atoms with Gasteiger partial charge in [-0.3, -0.25) is 4.79 Å². The number of carbonyl (C=O) groups excluding carboxylic acids is 1. The van der Waals surface area contributed by atoms with Crippen LogP contribution in [0.25, 0.3) is 0 Å². The second kappa shape index (κ2) is 6.18. The van der Waals surface area contributed by atoms with E-state index in [-0.39, 0.29) is 17.5 Å². The second-order valence-corrected chi connectivity index (χ2v) is 4.39. The molecule has 0 aliphatic rings. The van der Waals surface area contributed by atoms with Crippen molar-refractivity contribution in [1.82, 2.24) is 15.2 Å². The summed E-state index contributed by atoms with van der Waals surface area (Å²) < 4.78 is 6.70. The van der Waals surface area contributed by atoms with Crippen molar-refractivity contribution < 1.29 is 14.1 Å². The van der Waals surface area contributed by atoms with E-state index in [0.29, 0.717) is 11.5 Å². The number of nitrogens with zero attached hydrogens (tertiary/aromatic N) is 4. The quantitative estimate of drug-likeness (QED) is 0.511. The van der Waals surface area contributed by atoms with Crippen LogP contribution in [0.5, 0.6) is 0 Å². The molecule has 0 saturated heterocycles. The van der Waals surface area contributed by atoms with E-state index in [0.717, 1.165) is 0 Å². The molecule has 0 aromatic carbocycles. The minimum atomic E-state index is -0.660. The molecule has 0 fully saturated rings. The maximum Gasteiger partial charge on any atom is 0.408 e. The molecule has 0 atom stereocenters. The summed E-state index contributed by atoms with van der Waals surface area (Å²) in [6.07, 6.45) is 2.68. The third-order valence-electron chi connectivity index (χ3n) is 2.29. The van der Waals surface area contributed by atoms with Crippen molar-refractivity contribution in [2.75, 3.05) is 0 Å². The van der Waals surface area contributed by atoms with Crippen LogP contribution < -0.4 is 5.43 Å². The maximum atomic E-state index is 10.6.